The lowest BCUT2D eigenvalue weighted by atomic mass is 10.1. The minimum atomic E-state index is -0.164. The first kappa shape index (κ1) is 13.1. The number of amides is 1. The summed E-state index contributed by atoms with van der Waals surface area (Å²) in [6.07, 6.45) is 3.25. The first-order valence-corrected chi connectivity index (χ1v) is 6.61. The van der Waals surface area contributed by atoms with Crippen LogP contribution < -0.4 is 5.32 Å². The van der Waals surface area contributed by atoms with Crippen molar-refractivity contribution in [1.29, 1.82) is 0 Å². The highest BCUT2D eigenvalue weighted by molar-refractivity contribution is 5.99. The van der Waals surface area contributed by atoms with Crippen LogP contribution in [-0.4, -0.2) is 26.3 Å². The first-order valence-electron chi connectivity index (χ1n) is 6.61. The number of rotatable bonds is 4. The number of aryl methyl sites for hydroxylation is 1. The van der Waals surface area contributed by atoms with Gasteiger partial charge in [-0.25, -0.2) is 0 Å². The lowest BCUT2D eigenvalue weighted by molar-refractivity contribution is 0.0951. The Bertz CT molecular complexity index is 744. The second-order valence-corrected chi connectivity index (χ2v) is 4.73. The molecule has 0 aliphatic rings. The summed E-state index contributed by atoms with van der Waals surface area (Å²) in [5, 5.41) is 16.5. The van der Waals surface area contributed by atoms with Crippen LogP contribution in [0.3, 0.4) is 0 Å². The third kappa shape index (κ3) is 2.69. The van der Waals surface area contributed by atoms with Gasteiger partial charge in [0.25, 0.3) is 5.91 Å². The Morgan fingerprint density at radius 1 is 1.14 bits per heavy atom. The Kier molecular flexibility index (Phi) is 3.51. The Balaban J connectivity index is 1.77. The average Bonchev–Trinajstić information content (AvgIpc) is 3.15. The number of hydrogen-bond donors (Lipinski definition) is 3. The zero-order chi connectivity index (χ0) is 14.7. The second kappa shape index (κ2) is 5.62. The molecule has 2 heterocycles. The van der Waals surface area contributed by atoms with Crippen molar-refractivity contribution in [1.82, 2.24) is 25.7 Å². The van der Waals surface area contributed by atoms with Gasteiger partial charge < -0.3 is 5.32 Å². The number of carbonyl (C=O) groups is 1. The van der Waals surface area contributed by atoms with Crippen LogP contribution in [-0.2, 0) is 6.54 Å². The lowest BCUT2D eigenvalue weighted by Gasteiger charge is -2.05. The normalized spacial score (nSPS) is 10.5. The zero-order valence-electron chi connectivity index (χ0n) is 11.6. The van der Waals surface area contributed by atoms with Crippen molar-refractivity contribution in [2.24, 2.45) is 0 Å². The molecule has 3 aromatic rings. The number of nitrogens with one attached hydrogen (secondary N) is 3. The van der Waals surface area contributed by atoms with E-state index in [-0.39, 0.29) is 5.91 Å². The van der Waals surface area contributed by atoms with E-state index in [1.54, 1.807) is 12.4 Å². The molecule has 2 aromatic heterocycles. The highest BCUT2D eigenvalue weighted by Crippen LogP contribution is 2.20. The molecule has 106 valence electrons. The van der Waals surface area contributed by atoms with Crippen LogP contribution in [0.4, 0.5) is 0 Å². The standard InChI is InChI=1S/C15H15N5O/c1-10-12(8-17-19-10)7-16-15(21)13-9-18-20-14(13)11-5-3-2-4-6-11/h2-6,8-9H,7H2,1H3,(H,16,21)(H,17,19)(H,18,20). The summed E-state index contributed by atoms with van der Waals surface area (Å²) in [6, 6.07) is 9.65. The predicted octanol–water partition coefficient (Wildman–Crippen LogP) is 2.04. The van der Waals surface area contributed by atoms with Gasteiger partial charge >= 0.3 is 0 Å². The lowest BCUT2D eigenvalue weighted by Crippen LogP contribution is -2.23. The van der Waals surface area contributed by atoms with E-state index >= 15 is 0 Å². The fourth-order valence-corrected chi connectivity index (χ4v) is 2.11. The summed E-state index contributed by atoms with van der Waals surface area (Å²) < 4.78 is 0. The largest absolute Gasteiger partial charge is 0.348 e. The number of hydrogen-bond acceptors (Lipinski definition) is 3. The van der Waals surface area contributed by atoms with Crippen molar-refractivity contribution in [3.63, 3.8) is 0 Å². The SMILES string of the molecule is Cc1[nH]ncc1CNC(=O)c1cn[nH]c1-c1ccccc1. The molecule has 1 amide bonds. The molecule has 21 heavy (non-hydrogen) atoms. The molecule has 0 saturated carbocycles. The topological polar surface area (TPSA) is 86.5 Å². The van der Waals surface area contributed by atoms with Crippen LogP contribution >= 0.6 is 0 Å². The van der Waals surface area contributed by atoms with Gasteiger partial charge in [-0.3, -0.25) is 15.0 Å². The number of aromatic nitrogens is 4. The molecule has 0 fully saturated rings. The third-order valence-corrected chi connectivity index (χ3v) is 3.32. The van der Waals surface area contributed by atoms with E-state index in [2.05, 4.69) is 25.7 Å². The Labute approximate surface area is 121 Å². The Morgan fingerprint density at radius 2 is 1.90 bits per heavy atom. The van der Waals surface area contributed by atoms with E-state index in [4.69, 9.17) is 0 Å². The quantitative estimate of drug-likeness (QED) is 0.684. The molecule has 6 nitrogen and oxygen atoms in total. The average molecular weight is 281 g/mol. The van der Waals surface area contributed by atoms with Crippen molar-refractivity contribution < 1.29 is 4.79 Å². The molecule has 0 spiro atoms. The van der Waals surface area contributed by atoms with E-state index in [1.807, 2.05) is 37.3 Å². The van der Waals surface area contributed by atoms with Gasteiger partial charge in [-0.05, 0) is 6.92 Å². The molecule has 6 heteroatoms. The molecule has 3 N–H and O–H groups in total. The predicted molar refractivity (Wildman–Crippen MR) is 78.5 cm³/mol. The van der Waals surface area contributed by atoms with E-state index in [0.29, 0.717) is 12.1 Å². The van der Waals surface area contributed by atoms with Crippen LogP contribution in [0.5, 0.6) is 0 Å². The summed E-state index contributed by atoms with van der Waals surface area (Å²) in [5.41, 5.74) is 4.10. The summed E-state index contributed by atoms with van der Waals surface area (Å²) in [5.74, 6) is -0.164. The zero-order valence-corrected chi connectivity index (χ0v) is 11.6. The maximum atomic E-state index is 12.3. The maximum Gasteiger partial charge on any atom is 0.255 e. The number of H-pyrrole nitrogens is 2. The van der Waals surface area contributed by atoms with Crippen molar-refractivity contribution in [2.45, 2.75) is 13.5 Å². The Hall–Kier alpha value is -2.89. The maximum absolute atomic E-state index is 12.3. The molecule has 0 aliphatic carbocycles. The molecule has 3 rings (SSSR count). The molecule has 1 aromatic carbocycles. The van der Waals surface area contributed by atoms with Gasteiger partial charge in [0.05, 0.1) is 23.7 Å². The molecular formula is C15H15N5O. The van der Waals surface area contributed by atoms with Crippen molar-refractivity contribution in [2.75, 3.05) is 0 Å². The monoisotopic (exact) mass is 281 g/mol. The summed E-state index contributed by atoms with van der Waals surface area (Å²) >= 11 is 0. The minimum Gasteiger partial charge on any atom is -0.348 e. The second-order valence-electron chi connectivity index (χ2n) is 4.73. The molecule has 0 atom stereocenters. The highest BCUT2D eigenvalue weighted by Gasteiger charge is 2.15. The van der Waals surface area contributed by atoms with Crippen LogP contribution in [0.15, 0.2) is 42.7 Å². The van der Waals surface area contributed by atoms with E-state index in [9.17, 15) is 4.79 Å². The van der Waals surface area contributed by atoms with Gasteiger partial charge in [0.2, 0.25) is 0 Å². The van der Waals surface area contributed by atoms with Crippen LogP contribution in [0.25, 0.3) is 11.3 Å². The summed E-state index contributed by atoms with van der Waals surface area (Å²) in [4.78, 5) is 12.3. The Morgan fingerprint density at radius 3 is 2.62 bits per heavy atom. The molecular weight excluding hydrogens is 266 g/mol. The first-order chi connectivity index (χ1) is 10.3. The molecule has 0 bridgehead atoms. The third-order valence-electron chi connectivity index (χ3n) is 3.32. The molecule has 0 saturated heterocycles. The fourth-order valence-electron chi connectivity index (χ4n) is 2.11. The van der Waals surface area contributed by atoms with Gasteiger partial charge in [0.1, 0.15) is 0 Å². The van der Waals surface area contributed by atoms with E-state index in [1.165, 1.54) is 0 Å². The minimum absolute atomic E-state index is 0.164. The van der Waals surface area contributed by atoms with Gasteiger partial charge in [-0.2, -0.15) is 10.2 Å². The van der Waals surface area contributed by atoms with Gasteiger partial charge in [0.15, 0.2) is 0 Å². The number of nitrogens with zero attached hydrogens (tertiary/aromatic N) is 2. The van der Waals surface area contributed by atoms with Crippen LogP contribution in [0, 0.1) is 6.92 Å². The molecule has 0 radical (unpaired) electrons. The van der Waals surface area contributed by atoms with Crippen LogP contribution in [0.1, 0.15) is 21.6 Å². The van der Waals surface area contributed by atoms with Crippen molar-refractivity contribution in [3.8, 4) is 11.3 Å². The molecule has 0 aliphatic heterocycles. The smallest absolute Gasteiger partial charge is 0.255 e. The van der Waals surface area contributed by atoms with E-state index in [0.717, 1.165) is 22.5 Å². The molecule has 0 unspecified atom stereocenters. The van der Waals surface area contributed by atoms with Crippen LogP contribution in [0.2, 0.25) is 0 Å². The van der Waals surface area contributed by atoms with E-state index < -0.39 is 0 Å². The number of aromatic amines is 2. The fraction of sp³-hybridized carbons (Fsp3) is 0.133. The van der Waals surface area contributed by atoms with Crippen molar-refractivity contribution >= 4 is 5.91 Å². The number of benzene rings is 1. The summed E-state index contributed by atoms with van der Waals surface area (Å²) in [7, 11) is 0. The number of carbonyl (C=O) groups excluding carboxylic acids is 1. The van der Waals surface area contributed by atoms with Gasteiger partial charge in [-0.15, -0.1) is 0 Å². The van der Waals surface area contributed by atoms with Crippen molar-refractivity contribution in [3.05, 3.63) is 59.5 Å². The van der Waals surface area contributed by atoms with Gasteiger partial charge in [0, 0.05) is 23.4 Å². The highest BCUT2D eigenvalue weighted by atomic mass is 16.1. The van der Waals surface area contributed by atoms with Gasteiger partial charge in [-0.1, -0.05) is 30.3 Å². The summed E-state index contributed by atoms with van der Waals surface area (Å²) in [6.45, 7) is 2.35.